The van der Waals surface area contributed by atoms with Crippen LogP contribution in [-0.2, 0) is 16.6 Å². The fourth-order valence-electron chi connectivity index (χ4n) is 2.50. The van der Waals surface area contributed by atoms with Gasteiger partial charge in [-0.25, -0.2) is 8.42 Å². The number of sulfonamides is 1. The molecule has 0 atom stereocenters. The third-order valence-corrected chi connectivity index (χ3v) is 4.78. The van der Waals surface area contributed by atoms with Gasteiger partial charge >= 0.3 is 0 Å². The Bertz CT molecular complexity index is 731. The molecule has 0 heterocycles. The molecule has 2 aromatic rings. The molecule has 0 aliphatic heterocycles. The molecule has 0 unspecified atom stereocenters. The van der Waals surface area contributed by atoms with E-state index in [4.69, 9.17) is 0 Å². The van der Waals surface area contributed by atoms with Crippen LogP contribution in [0.2, 0.25) is 0 Å². The van der Waals surface area contributed by atoms with Gasteiger partial charge in [-0.1, -0.05) is 42.5 Å². The van der Waals surface area contributed by atoms with Crippen molar-refractivity contribution < 1.29 is 8.42 Å². The van der Waals surface area contributed by atoms with E-state index in [1.54, 1.807) is 0 Å². The second kappa shape index (κ2) is 5.90. The first-order valence-electron chi connectivity index (χ1n) is 6.89. The van der Waals surface area contributed by atoms with Gasteiger partial charge in [-0.3, -0.25) is 4.31 Å². The van der Waals surface area contributed by atoms with Crippen molar-refractivity contribution >= 4 is 15.7 Å². The van der Waals surface area contributed by atoms with Crippen molar-refractivity contribution in [2.75, 3.05) is 10.6 Å². The Kier molecular flexibility index (Phi) is 4.37. The van der Waals surface area contributed by atoms with Gasteiger partial charge < -0.3 is 0 Å². The van der Waals surface area contributed by atoms with Gasteiger partial charge in [0.15, 0.2) is 0 Å². The highest BCUT2D eigenvalue weighted by atomic mass is 32.2. The lowest BCUT2D eigenvalue weighted by Gasteiger charge is -2.26. The fourth-order valence-corrected chi connectivity index (χ4v) is 3.50. The molecule has 0 amide bonds. The van der Waals surface area contributed by atoms with Gasteiger partial charge in [0.1, 0.15) is 0 Å². The zero-order valence-electron chi connectivity index (χ0n) is 12.9. The van der Waals surface area contributed by atoms with E-state index in [1.807, 2.05) is 63.2 Å². The molecule has 0 saturated heterocycles. The van der Waals surface area contributed by atoms with Crippen molar-refractivity contribution in [1.29, 1.82) is 0 Å². The lowest BCUT2D eigenvalue weighted by molar-refractivity contribution is 0.596. The van der Waals surface area contributed by atoms with Gasteiger partial charge in [0.05, 0.1) is 18.5 Å². The zero-order chi connectivity index (χ0) is 15.6. The predicted molar refractivity (Wildman–Crippen MR) is 88.1 cm³/mol. The van der Waals surface area contributed by atoms with E-state index >= 15 is 0 Å². The lowest BCUT2D eigenvalue weighted by atomic mass is 10.1. The smallest absolute Gasteiger partial charge is 0.232 e. The van der Waals surface area contributed by atoms with E-state index < -0.39 is 10.0 Å². The molecule has 0 aromatic heterocycles. The summed E-state index contributed by atoms with van der Waals surface area (Å²) in [6.07, 6.45) is 1.26. The van der Waals surface area contributed by atoms with Crippen molar-refractivity contribution in [2.24, 2.45) is 0 Å². The van der Waals surface area contributed by atoms with Crippen molar-refractivity contribution in [3.63, 3.8) is 0 Å². The van der Waals surface area contributed by atoms with Crippen LogP contribution in [-0.4, -0.2) is 14.7 Å². The first-order valence-corrected chi connectivity index (χ1v) is 8.74. The highest BCUT2D eigenvalue weighted by Crippen LogP contribution is 2.28. The summed E-state index contributed by atoms with van der Waals surface area (Å²) in [7, 11) is -3.34. The standard InChI is InChI=1S/C17H21NO2S/c1-13-8-5-6-11-16(13)12-18(21(4,19)20)17-14(2)9-7-10-15(17)3/h5-11H,12H2,1-4H3. The third-order valence-electron chi connectivity index (χ3n) is 3.66. The summed E-state index contributed by atoms with van der Waals surface area (Å²) in [5.41, 5.74) is 4.83. The van der Waals surface area contributed by atoms with E-state index in [0.717, 1.165) is 27.9 Å². The summed E-state index contributed by atoms with van der Waals surface area (Å²) >= 11 is 0. The van der Waals surface area contributed by atoms with Crippen LogP contribution in [0.3, 0.4) is 0 Å². The second-order valence-electron chi connectivity index (χ2n) is 5.44. The van der Waals surface area contributed by atoms with Gasteiger partial charge in [0.25, 0.3) is 0 Å². The molecule has 0 saturated carbocycles. The van der Waals surface area contributed by atoms with E-state index in [0.29, 0.717) is 6.54 Å². The molecule has 0 fully saturated rings. The van der Waals surface area contributed by atoms with E-state index in [2.05, 4.69) is 0 Å². The molecule has 21 heavy (non-hydrogen) atoms. The minimum absolute atomic E-state index is 0.358. The Morgan fingerprint density at radius 2 is 1.38 bits per heavy atom. The summed E-state index contributed by atoms with van der Waals surface area (Å²) in [6, 6.07) is 13.7. The SMILES string of the molecule is Cc1ccccc1CN(c1c(C)cccc1C)S(C)(=O)=O. The zero-order valence-corrected chi connectivity index (χ0v) is 13.7. The van der Waals surface area contributed by atoms with E-state index in [1.165, 1.54) is 10.6 Å². The van der Waals surface area contributed by atoms with Crippen LogP contribution < -0.4 is 4.31 Å². The molecule has 0 aliphatic rings. The molecule has 0 radical (unpaired) electrons. The topological polar surface area (TPSA) is 37.4 Å². The maximum atomic E-state index is 12.3. The minimum Gasteiger partial charge on any atom is -0.266 e. The molecule has 2 aromatic carbocycles. The van der Waals surface area contributed by atoms with Gasteiger partial charge in [-0.15, -0.1) is 0 Å². The van der Waals surface area contributed by atoms with Crippen LogP contribution in [0.1, 0.15) is 22.3 Å². The highest BCUT2D eigenvalue weighted by molar-refractivity contribution is 7.92. The summed E-state index contributed by atoms with van der Waals surface area (Å²) in [4.78, 5) is 0. The summed E-state index contributed by atoms with van der Waals surface area (Å²) in [6.45, 7) is 6.24. The average Bonchev–Trinajstić information content (AvgIpc) is 2.38. The summed E-state index contributed by atoms with van der Waals surface area (Å²) in [5, 5.41) is 0. The maximum Gasteiger partial charge on any atom is 0.232 e. The predicted octanol–water partition coefficient (Wildman–Crippen LogP) is 3.58. The van der Waals surface area contributed by atoms with Gasteiger partial charge in [0, 0.05) is 0 Å². The molecule has 0 aliphatic carbocycles. The van der Waals surface area contributed by atoms with Crippen LogP contribution in [0.25, 0.3) is 0 Å². The van der Waals surface area contributed by atoms with E-state index in [9.17, 15) is 8.42 Å². The van der Waals surface area contributed by atoms with Gasteiger partial charge in [0.2, 0.25) is 10.0 Å². The van der Waals surface area contributed by atoms with Gasteiger partial charge in [-0.2, -0.15) is 0 Å². The molecular weight excluding hydrogens is 282 g/mol. The largest absolute Gasteiger partial charge is 0.266 e. The number of aryl methyl sites for hydroxylation is 3. The Morgan fingerprint density at radius 1 is 0.857 bits per heavy atom. The third kappa shape index (κ3) is 3.45. The van der Waals surface area contributed by atoms with Crippen LogP contribution in [0, 0.1) is 20.8 Å². The monoisotopic (exact) mass is 303 g/mol. The summed E-state index contributed by atoms with van der Waals surface area (Å²) < 4.78 is 26.1. The van der Waals surface area contributed by atoms with Crippen LogP contribution in [0.5, 0.6) is 0 Å². The Hall–Kier alpha value is -1.81. The molecule has 0 N–H and O–H groups in total. The van der Waals surface area contributed by atoms with Crippen molar-refractivity contribution in [1.82, 2.24) is 0 Å². The molecular formula is C17H21NO2S. The first kappa shape index (κ1) is 15.6. The number of hydrogen-bond donors (Lipinski definition) is 0. The summed E-state index contributed by atoms with van der Waals surface area (Å²) in [5.74, 6) is 0. The maximum absolute atomic E-state index is 12.3. The van der Waals surface area contributed by atoms with Crippen molar-refractivity contribution in [3.05, 3.63) is 64.7 Å². The van der Waals surface area contributed by atoms with Crippen LogP contribution >= 0.6 is 0 Å². The van der Waals surface area contributed by atoms with Crippen LogP contribution in [0.15, 0.2) is 42.5 Å². The number of anilines is 1. The number of hydrogen-bond acceptors (Lipinski definition) is 2. The Balaban J connectivity index is 2.54. The molecule has 3 nitrogen and oxygen atoms in total. The lowest BCUT2D eigenvalue weighted by Crippen LogP contribution is -2.30. The molecule has 0 spiro atoms. The second-order valence-corrected chi connectivity index (χ2v) is 7.34. The molecule has 4 heteroatoms. The molecule has 112 valence electrons. The molecule has 2 rings (SSSR count). The Morgan fingerprint density at radius 3 is 1.90 bits per heavy atom. The number of para-hydroxylation sites is 1. The number of nitrogens with zero attached hydrogens (tertiary/aromatic N) is 1. The van der Waals surface area contributed by atoms with Crippen LogP contribution in [0.4, 0.5) is 5.69 Å². The fraction of sp³-hybridized carbons (Fsp3) is 0.294. The van der Waals surface area contributed by atoms with Crippen molar-refractivity contribution in [2.45, 2.75) is 27.3 Å². The molecule has 0 bridgehead atoms. The van der Waals surface area contributed by atoms with Crippen molar-refractivity contribution in [3.8, 4) is 0 Å². The number of benzene rings is 2. The Labute approximate surface area is 127 Å². The number of rotatable bonds is 4. The minimum atomic E-state index is -3.34. The first-order chi connectivity index (χ1) is 9.80. The normalized spacial score (nSPS) is 11.4. The van der Waals surface area contributed by atoms with E-state index in [-0.39, 0.29) is 0 Å². The highest BCUT2D eigenvalue weighted by Gasteiger charge is 2.21. The average molecular weight is 303 g/mol. The quantitative estimate of drug-likeness (QED) is 0.866. The van der Waals surface area contributed by atoms with Gasteiger partial charge in [-0.05, 0) is 43.0 Å².